The highest BCUT2D eigenvalue weighted by atomic mass is 32.1. The molecule has 0 bridgehead atoms. The van der Waals surface area contributed by atoms with Gasteiger partial charge >= 0.3 is 0 Å². The molecular formula is C18H19N3OS. The molecule has 1 fully saturated rings. The van der Waals surface area contributed by atoms with Gasteiger partial charge in [-0.05, 0) is 47.4 Å². The number of fused-ring (bicyclic) bond motifs is 1. The number of thiophene rings is 1. The number of benzene rings is 1. The topological polar surface area (TPSA) is 49.0 Å². The van der Waals surface area contributed by atoms with Crippen LogP contribution in [0.25, 0.3) is 11.0 Å². The number of carbonyl (C=O) groups excluding carboxylic acids is 1. The van der Waals surface area contributed by atoms with E-state index >= 15 is 0 Å². The van der Waals surface area contributed by atoms with E-state index in [0.29, 0.717) is 12.3 Å². The summed E-state index contributed by atoms with van der Waals surface area (Å²) >= 11 is 1.64. The van der Waals surface area contributed by atoms with Crippen LogP contribution in [0, 0.1) is 0 Å². The highest BCUT2D eigenvalue weighted by Gasteiger charge is 2.26. The summed E-state index contributed by atoms with van der Waals surface area (Å²) in [4.78, 5) is 22.7. The Kier molecular flexibility index (Phi) is 3.87. The fraction of sp³-hybridized carbons (Fsp3) is 0.333. The van der Waals surface area contributed by atoms with Crippen LogP contribution < -0.4 is 0 Å². The number of carbonyl (C=O) groups is 1. The van der Waals surface area contributed by atoms with Gasteiger partial charge in [-0.2, -0.15) is 11.3 Å². The van der Waals surface area contributed by atoms with E-state index in [4.69, 9.17) is 4.98 Å². The van der Waals surface area contributed by atoms with Crippen LogP contribution in [-0.2, 0) is 11.2 Å². The zero-order chi connectivity index (χ0) is 15.6. The van der Waals surface area contributed by atoms with E-state index in [-0.39, 0.29) is 5.91 Å². The second kappa shape index (κ2) is 6.16. The molecule has 1 unspecified atom stereocenters. The van der Waals surface area contributed by atoms with Crippen LogP contribution in [0.1, 0.15) is 30.1 Å². The first-order valence-corrected chi connectivity index (χ1v) is 8.97. The van der Waals surface area contributed by atoms with Gasteiger partial charge in [-0.25, -0.2) is 4.98 Å². The largest absolute Gasteiger partial charge is 0.342 e. The third kappa shape index (κ3) is 3.01. The Bertz CT molecular complexity index is 776. The Balaban J connectivity index is 1.49. The molecular weight excluding hydrogens is 306 g/mol. The molecule has 1 aliphatic rings. The van der Waals surface area contributed by atoms with Gasteiger partial charge in [0.15, 0.2) is 0 Å². The summed E-state index contributed by atoms with van der Waals surface area (Å²) < 4.78 is 0. The van der Waals surface area contributed by atoms with Gasteiger partial charge in [0, 0.05) is 19.0 Å². The summed E-state index contributed by atoms with van der Waals surface area (Å²) in [6.07, 6.45) is 2.63. The standard InChI is InChI=1S/C18H19N3OS/c22-17(10-13-7-9-23-12-13)21-8-3-4-14(11-21)18-19-15-5-1-2-6-16(15)20-18/h1-2,5-7,9,12,14H,3-4,8,10-11H2,(H,19,20). The zero-order valence-electron chi connectivity index (χ0n) is 12.9. The normalized spacial score (nSPS) is 18.4. The number of likely N-dealkylation sites (tertiary alicyclic amines) is 1. The van der Waals surface area contributed by atoms with Crippen molar-refractivity contribution in [1.29, 1.82) is 0 Å². The maximum atomic E-state index is 12.5. The van der Waals surface area contributed by atoms with Crippen molar-refractivity contribution in [2.24, 2.45) is 0 Å². The van der Waals surface area contributed by atoms with E-state index in [1.54, 1.807) is 11.3 Å². The smallest absolute Gasteiger partial charge is 0.227 e. The number of nitrogens with zero attached hydrogens (tertiary/aromatic N) is 2. The van der Waals surface area contributed by atoms with Gasteiger partial charge < -0.3 is 9.88 Å². The maximum absolute atomic E-state index is 12.5. The van der Waals surface area contributed by atoms with Crippen LogP contribution in [0.5, 0.6) is 0 Å². The molecule has 4 rings (SSSR count). The van der Waals surface area contributed by atoms with E-state index in [1.165, 1.54) is 0 Å². The lowest BCUT2D eigenvalue weighted by Crippen LogP contribution is -2.40. The van der Waals surface area contributed by atoms with Crippen molar-refractivity contribution in [1.82, 2.24) is 14.9 Å². The number of nitrogens with one attached hydrogen (secondary N) is 1. The number of para-hydroxylation sites is 2. The van der Waals surface area contributed by atoms with Crippen molar-refractivity contribution in [2.45, 2.75) is 25.2 Å². The number of piperidine rings is 1. The molecule has 0 spiro atoms. The lowest BCUT2D eigenvalue weighted by Gasteiger charge is -2.32. The Morgan fingerprint density at radius 2 is 2.26 bits per heavy atom. The number of imidazole rings is 1. The maximum Gasteiger partial charge on any atom is 0.227 e. The molecule has 1 atom stereocenters. The fourth-order valence-electron chi connectivity index (χ4n) is 3.27. The number of hydrogen-bond acceptors (Lipinski definition) is 3. The molecule has 1 aliphatic heterocycles. The first-order valence-electron chi connectivity index (χ1n) is 8.03. The van der Waals surface area contributed by atoms with E-state index in [1.807, 2.05) is 40.6 Å². The summed E-state index contributed by atoms with van der Waals surface area (Å²) in [5, 5.41) is 4.08. The number of aromatic amines is 1. The van der Waals surface area contributed by atoms with Crippen molar-refractivity contribution in [3.05, 3.63) is 52.5 Å². The van der Waals surface area contributed by atoms with E-state index in [9.17, 15) is 4.79 Å². The second-order valence-corrected chi connectivity index (χ2v) is 6.91. The molecule has 5 heteroatoms. The van der Waals surface area contributed by atoms with Gasteiger partial charge in [0.05, 0.1) is 17.5 Å². The monoisotopic (exact) mass is 325 g/mol. The average Bonchev–Trinajstić information content (AvgIpc) is 3.24. The molecule has 23 heavy (non-hydrogen) atoms. The molecule has 0 radical (unpaired) electrons. The quantitative estimate of drug-likeness (QED) is 0.800. The SMILES string of the molecule is O=C(Cc1ccsc1)N1CCCC(c2nc3ccccc3[nH]2)C1. The van der Waals surface area contributed by atoms with Gasteiger partial charge in [-0.15, -0.1) is 0 Å². The van der Waals surface area contributed by atoms with Gasteiger partial charge in [0.1, 0.15) is 5.82 Å². The molecule has 1 aromatic carbocycles. The summed E-state index contributed by atoms with van der Waals surface area (Å²) in [7, 11) is 0. The predicted molar refractivity (Wildman–Crippen MR) is 92.7 cm³/mol. The Morgan fingerprint density at radius 3 is 3.09 bits per heavy atom. The minimum Gasteiger partial charge on any atom is -0.342 e. The summed E-state index contributed by atoms with van der Waals surface area (Å²) in [5.74, 6) is 1.55. The van der Waals surface area contributed by atoms with Crippen LogP contribution in [0.4, 0.5) is 0 Å². The summed E-state index contributed by atoms with van der Waals surface area (Å²) in [5.41, 5.74) is 3.19. The second-order valence-electron chi connectivity index (χ2n) is 6.13. The number of rotatable bonds is 3. The Labute approximate surface area is 139 Å². The molecule has 1 saturated heterocycles. The van der Waals surface area contributed by atoms with Crippen LogP contribution in [0.2, 0.25) is 0 Å². The molecule has 3 aromatic rings. The molecule has 118 valence electrons. The van der Waals surface area contributed by atoms with E-state index in [2.05, 4.69) is 10.4 Å². The summed E-state index contributed by atoms with van der Waals surface area (Å²) in [6.45, 7) is 1.63. The lowest BCUT2D eigenvalue weighted by atomic mass is 9.97. The summed E-state index contributed by atoms with van der Waals surface area (Å²) in [6, 6.07) is 10.1. The lowest BCUT2D eigenvalue weighted by molar-refractivity contribution is -0.131. The van der Waals surface area contributed by atoms with Crippen molar-refractivity contribution in [3.63, 3.8) is 0 Å². The third-order valence-electron chi connectivity index (χ3n) is 4.50. The molecule has 0 saturated carbocycles. The molecule has 0 aliphatic carbocycles. The van der Waals surface area contributed by atoms with Crippen molar-refractivity contribution in [3.8, 4) is 0 Å². The highest BCUT2D eigenvalue weighted by Crippen LogP contribution is 2.27. The molecule has 1 amide bonds. The molecule has 2 aromatic heterocycles. The fourth-order valence-corrected chi connectivity index (χ4v) is 3.94. The zero-order valence-corrected chi connectivity index (χ0v) is 13.7. The van der Waals surface area contributed by atoms with Crippen molar-refractivity contribution in [2.75, 3.05) is 13.1 Å². The van der Waals surface area contributed by atoms with Crippen molar-refractivity contribution < 1.29 is 4.79 Å². The molecule has 1 N–H and O–H groups in total. The number of aromatic nitrogens is 2. The Morgan fingerprint density at radius 1 is 1.35 bits per heavy atom. The molecule has 3 heterocycles. The average molecular weight is 325 g/mol. The van der Waals surface area contributed by atoms with E-state index in [0.717, 1.165) is 48.4 Å². The van der Waals surface area contributed by atoms with Gasteiger partial charge in [0.25, 0.3) is 0 Å². The van der Waals surface area contributed by atoms with Crippen LogP contribution in [0.15, 0.2) is 41.1 Å². The number of hydrogen-bond donors (Lipinski definition) is 1. The first-order chi connectivity index (χ1) is 11.3. The number of amides is 1. The third-order valence-corrected chi connectivity index (χ3v) is 5.24. The highest BCUT2D eigenvalue weighted by molar-refractivity contribution is 7.08. The molecule has 4 nitrogen and oxygen atoms in total. The van der Waals surface area contributed by atoms with Crippen LogP contribution in [0.3, 0.4) is 0 Å². The first kappa shape index (κ1) is 14.5. The van der Waals surface area contributed by atoms with Gasteiger partial charge in [-0.1, -0.05) is 12.1 Å². The van der Waals surface area contributed by atoms with Gasteiger partial charge in [-0.3, -0.25) is 4.79 Å². The minimum absolute atomic E-state index is 0.226. The number of H-pyrrole nitrogens is 1. The Hall–Kier alpha value is -2.14. The predicted octanol–water partition coefficient (Wildman–Crippen LogP) is 3.57. The van der Waals surface area contributed by atoms with Crippen LogP contribution >= 0.6 is 11.3 Å². The van der Waals surface area contributed by atoms with E-state index < -0.39 is 0 Å². The van der Waals surface area contributed by atoms with Crippen molar-refractivity contribution >= 4 is 28.3 Å². The minimum atomic E-state index is 0.226. The van der Waals surface area contributed by atoms with Crippen LogP contribution in [-0.4, -0.2) is 33.9 Å². The van der Waals surface area contributed by atoms with Gasteiger partial charge in [0.2, 0.25) is 5.91 Å².